The number of fused-ring (bicyclic) bond motifs is 1. The molecule has 26 heavy (non-hydrogen) atoms. The minimum Gasteiger partial charge on any atom is -0.315 e. The van der Waals surface area contributed by atoms with Crippen molar-refractivity contribution in [1.82, 2.24) is 0 Å². The van der Waals surface area contributed by atoms with E-state index in [-0.39, 0.29) is 5.91 Å². The standard InChI is InChI=1S/C20H24N2O3S/c1-12-10-13(2)15(4)20(14(12)3)26(24,25)21-17-7-8-18-16(11-17)6-9-19(23)22(18)5/h7-8,10-11,21H,6,9H2,1-5H3. The number of benzene rings is 2. The van der Waals surface area contributed by atoms with Crippen LogP contribution in [-0.4, -0.2) is 21.4 Å². The van der Waals surface area contributed by atoms with Gasteiger partial charge in [0.05, 0.1) is 4.90 Å². The lowest BCUT2D eigenvalue weighted by atomic mass is 10.0. The van der Waals surface area contributed by atoms with Crippen molar-refractivity contribution in [3.05, 3.63) is 52.1 Å². The molecule has 0 unspecified atom stereocenters. The third kappa shape index (κ3) is 3.09. The first-order valence-electron chi connectivity index (χ1n) is 8.61. The van der Waals surface area contributed by atoms with Crippen LogP contribution in [0.2, 0.25) is 0 Å². The van der Waals surface area contributed by atoms with E-state index in [9.17, 15) is 13.2 Å². The highest BCUT2D eigenvalue weighted by Gasteiger charge is 2.24. The monoisotopic (exact) mass is 372 g/mol. The molecule has 0 aromatic heterocycles. The Morgan fingerprint density at radius 1 is 0.962 bits per heavy atom. The molecule has 138 valence electrons. The first-order valence-corrected chi connectivity index (χ1v) is 10.1. The largest absolute Gasteiger partial charge is 0.315 e. The van der Waals surface area contributed by atoms with E-state index in [1.54, 1.807) is 24.1 Å². The summed E-state index contributed by atoms with van der Waals surface area (Å²) >= 11 is 0. The molecule has 1 heterocycles. The second-order valence-corrected chi connectivity index (χ2v) is 8.61. The van der Waals surface area contributed by atoms with Gasteiger partial charge in [-0.05, 0) is 80.1 Å². The van der Waals surface area contributed by atoms with Crippen LogP contribution < -0.4 is 9.62 Å². The summed E-state index contributed by atoms with van der Waals surface area (Å²) in [6, 6.07) is 7.34. The summed E-state index contributed by atoms with van der Waals surface area (Å²) < 4.78 is 28.8. The van der Waals surface area contributed by atoms with Crippen LogP contribution in [0.4, 0.5) is 11.4 Å². The average Bonchev–Trinajstić information content (AvgIpc) is 2.56. The number of amides is 1. The van der Waals surface area contributed by atoms with Gasteiger partial charge in [-0.25, -0.2) is 8.42 Å². The van der Waals surface area contributed by atoms with Crippen LogP contribution in [0.1, 0.15) is 34.2 Å². The normalized spacial score (nSPS) is 14.3. The van der Waals surface area contributed by atoms with E-state index in [1.807, 2.05) is 39.8 Å². The minimum absolute atomic E-state index is 0.0762. The molecule has 5 nitrogen and oxygen atoms in total. The van der Waals surface area contributed by atoms with Crippen LogP contribution in [0.15, 0.2) is 29.2 Å². The van der Waals surface area contributed by atoms with E-state index in [2.05, 4.69) is 4.72 Å². The summed E-state index contributed by atoms with van der Waals surface area (Å²) in [6.07, 6.45) is 1.06. The number of hydrogen-bond donors (Lipinski definition) is 1. The third-order valence-corrected chi connectivity index (χ3v) is 6.90. The maximum absolute atomic E-state index is 13.1. The molecule has 2 aromatic carbocycles. The molecule has 1 amide bonds. The zero-order valence-electron chi connectivity index (χ0n) is 15.8. The van der Waals surface area contributed by atoms with Crippen molar-refractivity contribution in [2.24, 2.45) is 0 Å². The number of aryl methyl sites for hydroxylation is 3. The van der Waals surface area contributed by atoms with Crippen molar-refractivity contribution in [2.75, 3.05) is 16.7 Å². The molecule has 0 saturated carbocycles. The molecule has 6 heteroatoms. The number of carbonyl (C=O) groups excluding carboxylic acids is 1. The Labute approximate surface area is 155 Å². The molecular formula is C20H24N2O3S. The average molecular weight is 372 g/mol. The summed E-state index contributed by atoms with van der Waals surface area (Å²) in [5, 5.41) is 0. The molecule has 0 spiro atoms. The van der Waals surface area contributed by atoms with Crippen LogP contribution in [0.5, 0.6) is 0 Å². The smallest absolute Gasteiger partial charge is 0.262 e. The fraction of sp³-hybridized carbons (Fsp3) is 0.350. The molecular weight excluding hydrogens is 348 g/mol. The molecule has 0 aliphatic carbocycles. The summed E-state index contributed by atoms with van der Waals surface area (Å²) in [4.78, 5) is 13.8. The SMILES string of the molecule is Cc1cc(C)c(C)c(S(=O)(=O)Nc2ccc3c(c2)CCC(=O)N3C)c1C. The molecule has 0 bridgehead atoms. The summed E-state index contributed by atoms with van der Waals surface area (Å²) in [5.41, 5.74) is 5.78. The maximum Gasteiger partial charge on any atom is 0.262 e. The Morgan fingerprint density at radius 3 is 2.19 bits per heavy atom. The maximum atomic E-state index is 13.1. The van der Waals surface area contributed by atoms with Gasteiger partial charge in [0.1, 0.15) is 0 Å². The number of hydrogen-bond acceptors (Lipinski definition) is 3. The van der Waals surface area contributed by atoms with Crippen molar-refractivity contribution in [3.8, 4) is 0 Å². The highest BCUT2D eigenvalue weighted by atomic mass is 32.2. The van der Waals surface area contributed by atoms with Crippen molar-refractivity contribution in [2.45, 2.75) is 45.4 Å². The van der Waals surface area contributed by atoms with Crippen molar-refractivity contribution in [1.29, 1.82) is 0 Å². The predicted molar refractivity (Wildman–Crippen MR) is 104 cm³/mol. The molecule has 0 atom stereocenters. The van der Waals surface area contributed by atoms with Gasteiger partial charge in [-0.3, -0.25) is 9.52 Å². The fourth-order valence-electron chi connectivity index (χ4n) is 3.51. The van der Waals surface area contributed by atoms with E-state index in [0.29, 0.717) is 23.4 Å². The number of anilines is 2. The summed E-state index contributed by atoms with van der Waals surface area (Å²) in [7, 11) is -1.96. The Bertz CT molecular complexity index is 984. The molecule has 0 radical (unpaired) electrons. The Balaban J connectivity index is 2.01. The minimum atomic E-state index is -3.70. The number of rotatable bonds is 3. The summed E-state index contributed by atoms with van der Waals surface area (Å²) in [6.45, 7) is 7.52. The van der Waals surface area contributed by atoms with Crippen molar-refractivity contribution in [3.63, 3.8) is 0 Å². The lowest BCUT2D eigenvalue weighted by Gasteiger charge is -2.26. The Kier molecular flexibility index (Phi) is 4.56. The number of nitrogens with zero attached hydrogens (tertiary/aromatic N) is 1. The topological polar surface area (TPSA) is 66.5 Å². The van der Waals surface area contributed by atoms with E-state index in [4.69, 9.17) is 0 Å². The fourth-order valence-corrected chi connectivity index (χ4v) is 5.18. The molecule has 3 rings (SSSR count). The van der Waals surface area contributed by atoms with E-state index in [0.717, 1.165) is 33.5 Å². The number of carbonyl (C=O) groups is 1. The lowest BCUT2D eigenvalue weighted by Crippen LogP contribution is -2.31. The van der Waals surface area contributed by atoms with E-state index >= 15 is 0 Å². The third-order valence-electron chi connectivity index (χ3n) is 5.24. The number of nitrogens with one attached hydrogen (secondary N) is 1. The van der Waals surface area contributed by atoms with Gasteiger partial charge in [-0.1, -0.05) is 6.07 Å². The molecule has 1 aliphatic heterocycles. The molecule has 0 saturated heterocycles. The molecule has 2 aromatic rings. The van der Waals surface area contributed by atoms with Gasteiger partial charge in [-0.15, -0.1) is 0 Å². The first kappa shape index (κ1) is 18.5. The van der Waals surface area contributed by atoms with Crippen LogP contribution >= 0.6 is 0 Å². The zero-order chi connectivity index (χ0) is 19.2. The van der Waals surface area contributed by atoms with E-state index < -0.39 is 10.0 Å². The second-order valence-electron chi connectivity index (χ2n) is 6.99. The quantitative estimate of drug-likeness (QED) is 0.895. The van der Waals surface area contributed by atoms with Crippen LogP contribution in [-0.2, 0) is 21.2 Å². The van der Waals surface area contributed by atoms with E-state index in [1.165, 1.54) is 0 Å². The van der Waals surface area contributed by atoms with Crippen molar-refractivity contribution >= 4 is 27.3 Å². The van der Waals surface area contributed by atoms with Gasteiger partial charge in [0.2, 0.25) is 5.91 Å². The van der Waals surface area contributed by atoms with Gasteiger partial charge < -0.3 is 4.90 Å². The lowest BCUT2D eigenvalue weighted by molar-refractivity contribution is -0.118. The molecule has 0 fully saturated rings. The highest BCUT2D eigenvalue weighted by molar-refractivity contribution is 7.92. The molecule has 1 N–H and O–H groups in total. The second kappa shape index (κ2) is 6.43. The highest BCUT2D eigenvalue weighted by Crippen LogP contribution is 2.32. The van der Waals surface area contributed by atoms with Gasteiger partial charge in [0.15, 0.2) is 0 Å². The Morgan fingerprint density at radius 2 is 1.58 bits per heavy atom. The van der Waals surface area contributed by atoms with Crippen LogP contribution in [0.3, 0.4) is 0 Å². The van der Waals surface area contributed by atoms with Gasteiger partial charge >= 0.3 is 0 Å². The zero-order valence-corrected chi connectivity index (χ0v) is 16.6. The summed E-state index contributed by atoms with van der Waals surface area (Å²) in [5.74, 6) is 0.0762. The number of sulfonamides is 1. The first-order chi connectivity index (χ1) is 12.1. The van der Waals surface area contributed by atoms with Gasteiger partial charge in [0.25, 0.3) is 10.0 Å². The van der Waals surface area contributed by atoms with Gasteiger partial charge in [-0.2, -0.15) is 0 Å². The Hall–Kier alpha value is -2.34. The van der Waals surface area contributed by atoms with Crippen LogP contribution in [0, 0.1) is 27.7 Å². The predicted octanol–water partition coefficient (Wildman–Crippen LogP) is 3.63. The molecule has 1 aliphatic rings. The van der Waals surface area contributed by atoms with Crippen LogP contribution in [0.25, 0.3) is 0 Å². The van der Waals surface area contributed by atoms with Crippen molar-refractivity contribution < 1.29 is 13.2 Å². The van der Waals surface area contributed by atoms with Gasteiger partial charge in [0, 0.05) is 24.8 Å².